The lowest BCUT2D eigenvalue weighted by Crippen LogP contribution is -2.37. The van der Waals surface area contributed by atoms with E-state index in [1.165, 1.54) is 41.2 Å². The molecule has 1 fully saturated rings. The Kier molecular flexibility index (Phi) is 7.55. The van der Waals surface area contributed by atoms with Crippen LogP contribution in [0, 0.1) is 3.57 Å². The summed E-state index contributed by atoms with van der Waals surface area (Å²) in [6.07, 6.45) is 7.06. The van der Waals surface area contributed by atoms with E-state index in [0.29, 0.717) is 10.0 Å². The van der Waals surface area contributed by atoms with Crippen molar-refractivity contribution in [1.82, 2.24) is 4.90 Å². The number of likely N-dealkylation sites (tertiary alicyclic amines) is 1. The lowest BCUT2D eigenvalue weighted by Gasteiger charge is -2.27. The second-order valence-electron chi connectivity index (χ2n) is 7.82. The van der Waals surface area contributed by atoms with Crippen LogP contribution in [0.3, 0.4) is 0 Å². The van der Waals surface area contributed by atoms with E-state index >= 15 is 0 Å². The summed E-state index contributed by atoms with van der Waals surface area (Å²) in [4.78, 5) is 3.24. The van der Waals surface area contributed by atoms with Crippen molar-refractivity contribution in [3.63, 3.8) is 0 Å². The van der Waals surface area contributed by atoms with Gasteiger partial charge in [0.1, 0.15) is 4.99 Å². The minimum Gasteiger partial charge on any atom is -0.361 e. The number of benzene rings is 2. The van der Waals surface area contributed by atoms with E-state index in [0.717, 1.165) is 35.9 Å². The third kappa shape index (κ3) is 5.12. The van der Waals surface area contributed by atoms with Crippen LogP contribution in [0.15, 0.2) is 47.6 Å². The number of hydrogen-bond acceptors (Lipinski definition) is 3. The summed E-state index contributed by atoms with van der Waals surface area (Å²) in [6.45, 7) is 2.04. The van der Waals surface area contributed by atoms with Gasteiger partial charge in [0.15, 0.2) is 0 Å². The van der Waals surface area contributed by atoms with Crippen LogP contribution in [0.4, 0.5) is 5.69 Å². The number of hydrogen-bond donors (Lipinski definition) is 0. The summed E-state index contributed by atoms with van der Waals surface area (Å²) in [5, 5.41) is 8.23. The lowest BCUT2D eigenvalue weighted by molar-refractivity contribution is 0.369. The Bertz CT molecular complexity index is 940. The Morgan fingerprint density at radius 1 is 0.967 bits per heavy atom. The van der Waals surface area contributed by atoms with Gasteiger partial charge in [-0.15, -0.1) is 0 Å². The number of nitrogens with zero attached hydrogens (tertiary/aromatic N) is 3. The molecule has 2 aliphatic rings. The zero-order valence-corrected chi connectivity index (χ0v) is 21.1. The predicted molar refractivity (Wildman–Crippen MR) is 140 cm³/mol. The Hall–Kier alpha value is -0.890. The van der Waals surface area contributed by atoms with Gasteiger partial charge in [0.05, 0.1) is 22.5 Å². The van der Waals surface area contributed by atoms with Crippen molar-refractivity contribution in [3.8, 4) is 0 Å². The average Bonchev–Trinajstić information content (AvgIpc) is 3.13. The first kappa shape index (κ1) is 22.3. The van der Waals surface area contributed by atoms with Gasteiger partial charge in [-0.05, 0) is 71.3 Å². The second kappa shape index (κ2) is 10.2. The lowest BCUT2D eigenvalue weighted by atomic mass is 10.0. The highest BCUT2D eigenvalue weighted by atomic mass is 127. The van der Waals surface area contributed by atoms with E-state index in [1.54, 1.807) is 6.07 Å². The fourth-order valence-electron chi connectivity index (χ4n) is 4.11. The van der Waals surface area contributed by atoms with Gasteiger partial charge in [-0.3, -0.25) is 5.01 Å². The fourth-order valence-corrected chi connectivity index (χ4v) is 5.27. The second-order valence-corrected chi connectivity index (χ2v) is 10.3. The summed E-state index contributed by atoms with van der Waals surface area (Å²) in [5.74, 6) is 0. The standard InChI is InChI=1S/C23H24Cl2IN3S/c24-17-8-11-21(19(25)14-17)29-22(16-6-9-18(26)10-7-16)15-20(27-29)23(30)28-12-4-2-1-3-5-13-28/h6-11,14,22H,1-5,12-13,15H2. The van der Waals surface area contributed by atoms with Gasteiger partial charge in [-0.2, -0.15) is 5.10 Å². The van der Waals surface area contributed by atoms with Crippen LogP contribution in [-0.4, -0.2) is 28.7 Å². The van der Waals surface area contributed by atoms with Crippen LogP contribution < -0.4 is 5.01 Å². The van der Waals surface area contributed by atoms with Crippen LogP contribution in [0.2, 0.25) is 10.0 Å². The van der Waals surface area contributed by atoms with Crippen LogP contribution >= 0.6 is 58.0 Å². The normalized spacial score (nSPS) is 20.0. The Labute approximate surface area is 207 Å². The fraction of sp³-hybridized carbons (Fsp3) is 0.391. The number of rotatable bonds is 3. The minimum absolute atomic E-state index is 0.0587. The molecule has 0 bridgehead atoms. The Morgan fingerprint density at radius 2 is 1.63 bits per heavy atom. The number of anilines is 1. The number of thiocarbonyl (C=S) groups is 1. The smallest absolute Gasteiger partial charge is 0.125 e. The van der Waals surface area contributed by atoms with Crippen molar-refractivity contribution < 1.29 is 0 Å². The maximum absolute atomic E-state index is 6.56. The molecule has 0 radical (unpaired) electrons. The molecule has 2 aromatic carbocycles. The molecule has 7 heteroatoms. The van der Waals surface area contributed by atoms with Crippen molar-refractivity contribution in [2.75, 3.05) is 18.1 Å². The van der Waals surface area contributed by atoms with E-state index in [2.05, 4.69) is 51.8 Å². The van der Waals surface area contributed by atoms with Gasteiger partial charge >= 0.3 is 0 Å². The molecular formula is C23H24Cl2IN3S. The molecule has 30 heavy (non-hydrogen) atoms. The van der Waals surface area contributed by atoms with Crippen LogP contribution in [0.1, 0.15) is 50.1 Å². The highest BCUT2D eigenvalue weighted by molar-refractivity contribution is 14.1. The van der Waals surface area contributed by atoms with Gasteiger partial charge in [0, 0.05) is 28.1 Å². The number of hydrazone groups is 1. The molecule has 0 spiro atoms. The minimum atomic E-state index is 0.0587. The molecule has 2 heterocycles. The summed E-state index contributed by atoms with van der Waals surface area (Å²) in [7, 11) is 0. The SMILES string of the molecule is S=C(C1=NN(c2ccc(Cl)cc2Cl)C(c2ccc(I)cc2)C1)N1CCCCCCC1. The molecule has 1 unspecified atom stereocenters. The molecule has 4 rings (SSSR count). The molecule has 0 aliphatic carbocycles. The Balaban J connectivity index is 1.66. The maximum atomic E-state index is 6.56. The molecule has 0 aromatic heterocycles. The first-order valence-electron chi connectivity index (χ1n) is 10.4. The zero-order valence-electron chi connectivity index (χ0n) is 16.7. The van der Waals surface area contributed by atoms with E-state index in [9.17, 15) is 0 Å². The molecule has 0 N–H and O–H groups in total. The van der Waals surface area contributed by atoms with Gasteiger partial charge in [0.2, 0.25) is 0 Å². The van der Waals surface area contributed by atoms with Crippen molar-refractivity contribution in [1.29, 1.82) is 0 Å². The van der Waals surface area contributed by atoms with Gasteiger partial charge in [-0.1, -0.05) is 66.8 Å². The van der Waals surface area contributed by atoms with E-state index in [4.69, 9.17) is 40.5 Å². The molecule has 0 amide bonds. The molecule has 1 atom stereocenters. The summed E-state index contributed by atoms with van der Waals surface area (Å²) in [6, 6.07) is 14.2. The summed E-state index contributed by atoms with van der Waals surface area (Å²) < 4.78 is 1.21. The van der Waals surface area contributed by atoms with Crippen molar-refractivity contribution in [2.24, 2.45) is 5.10 Å². The monoisotopic (exact) mass is 571 g/mol. The molecular weight excluding hydrogens is 548 g/mol. The highest BCUT2D eigenvalue weighted by Gasteiger charge is 2.33. The largest absolute Gasteiger partial charge is 0.361 e. The average molecular weight is 572 g/mol. The zero-order chi connectivity index (χ0) is 21.1. The molecule has 2 aliphatic heterocycles. The quantitative estimate of drug-likeness (QED) is 0.281. The summed E-state index contributed by atoms with van der Waals surface area (Å²) >= 11 is 21.0. The van der Waals surface area contributed by atoms with Gasteiger partial charge in [-0.25, -0.2) is 0 Å². The van der Waals surface area contributed by atoms with E-state index in [1.807, 2.05) is 17.1 Å². The molecule has 3 nitrogen and oxygen atoms in total. The molecule has 158 valence electrons. The molecule has 2 aromatic rings. The van der Waals surface area contributed by atoms with E-state index < -0.39 is 0 Å². The third-order valence-electron chi connectivity index (χ3n) is 5.71. The van der Waals surface area contributed by atoms with Crippen LogP contribution in [0.5, 0.6) is 0 Å². The highest BCUT2D eigenvalue weighted by Crippen LogP contribution is 2.40. The van der Waals surface area contributed by atoms with Crippen LogP contribution in [-0.2, 0) is 0 Å². The van der Waals surface area contributed by atoms with Crippen molar-refractivity contribution >= 4 is 74.4 Å². The summed E-state index contributed by atoms with van der Waals surface area (Å²) in [5.41, 5.74) is 3.03. The topological polar surface area (TPSA) is 18.8 Å². The van der Waals surface area contributed by atoms with Crippen molar-refractivity contribution in [2.45, 2.75) is 44.6 Å². The van der Waals surface area contributed by atoms with Crippen LogP contribution in [0.25, 0.3) is 0 Å². The van der Waals surface area contributed by atoms with Gasteiger partial charge in [0.25, 0.3) is 0 Å². The Morgan fingerprint density at radius 3 is 2.30 bits per heavy atom. The number of halogens is 3. The first-order valence-corrected chi connectivity index (χ1v) is 12.6. The molecule has 0 saturated carbocycles. The predicted octanol–water partition coefficient (Wildman–Crippen LogP) is 7.50. The third-order valence-corrected chi connectivity index (χ3v) is 7.46. The van der Waals surface area contributed by atoms with E-state index in [-0.39, 0.29) is 6.04 Å². The van der Waals surface area contributed by atoms with Gasteiger partial charge < -0.3 is 4.90 Å². The van der Waals surface area contributed by atoms with Crippen molar-refractivity contribution in [3.05, 3.63) is 61.6 Å². The first-order chi connectivity index (χ1) is 14.5. The maximum Gasteiger partial charge on any atom is 0.125 e. The molecule has 1 saturated heterocycles.